The van der Waals surface area contributed by atoms with Crippen LogP contribution in [-0.2, 0) is 12.8 Å². The third-order valence-corrected chi connectivity index (χ3v) is 6.65. The summed E-state index contributed by atoms with van der Waals surface area (Å²) >= 11 is 0. The van der Waals surface area contributed by atoms with Gasteiger partial charge in [-0.15, -0.1) is 15.0 Å². The molecule has 0 bridgehead atoms. The molecular formula is C29H43N3O2. The monoisotopic (exact) mass is 465 g/mol. The number of phenolic OH excluding ortho intramolecular Hbond substituents is 1. The Morgan fingerprint density at radius 1 is 0.735 bits per heavy atom. The van der Waals surface area contributed by atoms with Crippen molar-refractivity contribution in [2.75, 3.05) is 7.11 Å². The molecule has 1 heterocycles. The number of unbranched alkanes of at least 4 members (excludes halogenated alkanes) is 10. The number of phenols is 1. The van der Waals surface area contributed by atoms with E-state index in [4.69, 9.17) is 4.74 Å². The Kier molecular flexibility index (Phi) is 10.7. The average Bonchev–Trinajstić information content (AvgIpc) is 3.28. The second-order valence-electron chi connectivity index (χ2n) is 9.50. The first-order valence-electron chi connectivity index (χ1n) is 13.4. The number of aromatic hydroxyl groups is 1. The van der Waals surface area contributed by atoms with Crippen LogP contribution in [0.25, 0.3) is 16.7 Å². The van der Waals surface area contributed by atoms with Gasteiger partial charge in [-0.25, -0.2) is 0 Å². The zero-order valence-corrected chi connectivity index (χ0v) is 21.5. The molecule has 2 aromatic carbocycles. The van der Waals surface area contributed by atoms with Gasteiger partial charge in [0.15, 0.2) is 0 Å². The van der Waals surface area contributed by atoms with Crippen molar-refractivity contribution in [3.8, 4) is 17.2 Å². The third-order valence-electron chi connectivity index (χ3n) is 6.65. The lowest BCUT2D eigenvalue weighted by molar-refractivity contribution is 0.415. The predicted octanol–water partition coefficient (Wildman–Crippen LogP) is 7.94. The van der Waals surface area contributed by atoms with Crippen LogP contribution in [0.4, 0.5) is 0 Å². The van der Waals surface area contributed by atoms with Crippen molar-refractivity contribution < 1.29 is 9.84 Å². The molecule has 0 atom stereocenters. The molecule has 1 N–H and O–H groups in total. The largest absolute Gasteiger partial charge is 0.505 e. The van der Waals surface area contributed by atoms with Gasteiger partial charge in [0.05, 0.1) is 7.11 Å². The van der Waals surface area contributed by atoms with Crippen molar-refractivity contribution >= 4 is 11.0 Å². The normalized spacial score (nSPS) is 11.4. The highest BCUT2D eigenvalue weighted by Crippen LogP contribution is 2.31. The number of aryl methyl sites for hydroxylation is 2. The topological polar surface area (TPSA) is 60.2 Å². The summed E-state index contributed by atoms with van der Waals surface area (Å²) in [4.78, 5) is 1.59. The Hall–Kier alpha value is -2.56. The molecule has 0 radical (unpaired) electrons. The molecule has 0 amide bonds. The van der Waals surface area contributed by atoms with E-state index < -0.39 is 0 Å². The lowest BCUT2D eigenvalue weighted by Crippen LogP contribution is -2.03. The first kappa shape index (κ1) is 26.1. The molecule has 3 rings (SSSR count). The van der Waals surface area contributed by atoms with Gasteiger partial charge >= 0.3 is 0 Å². The van der Waals surface area contributed by atoms with Crippen LogP contribution in [0.15, 0.2) is 30.3 Å². The lowest BCUT2D eigenvalue weighted by Gasteiger charge is -2.13. The van der Waals surface area contributed by atoms with E-state index in [9.17, 15) is 5.11 Å². The molecule has 0 unspecified atom stereocenters. The highest BCUT2D eigenvalue weighted by Gasteiger charge is 2.15. The second-order valence-corrected chi connectivity index (χ2v) is 9.50. The van der Waals surface area contributed by atoms with E-state index >= 15 is 0 Å². The number of ether oxygens (including phenoxy) is 1. The zero-order valence-electron chi connectivity index (χ0n) is 21.5. The molecule has 34 heavy (non-hydrogen) atoms. The van der Waals surface area contributed by atoms with Crippen molar-refractivity contribution in [3.63, 3.8) is 0 Å². The number of nitrogens with zero attached hydrogens (tertiary/aromatic N) is 3. The van der Waals surface area contributed by atoms with E-state index in [1.165, 1.54) is 76.2 Å². The van der Waals surface area contributed by atoms with Crippen LogP contribution >= 0.6 is 0 Å². The van der Waals surface area contributed by atoms with Gasteiger partial charge in [-0.1, -0.05) is 84.1 Å². The number of hydrogen-bond acceptors (Lipinski definition) is 4. The van der Waals surface area contributed by atoms with E-state index in [1.807, 2.05) is 18.2 Å². The SMILES string of the molecule is CCCCCCCCc1cc(CCCCCCCC)c(O)c(-n2nc3ccc(OC)cc3n2)c1. The average molecular weight is 466 g/mol. The molecule has 0 fully saturated rings. The van der Waals surface area contributed by atoms with Gasteiger partial charge in [0.1, 0.15) is 28.2 Å². The molecule has 3 aromatic rings. The van der Waals surface area contributed by atoms with Crippen molar-refractivity contribution in [3.05, 3.63) is 41.5 Å². The zero-order chi connectivity index (χ0) is 24.2. The summed E-state index contributed by atoms with van der Waals surface area (Å²) in [6.45, 7) is 4.50. The van der Waals surface area contributed by atoms with E-state index in [1.54, 1.807) is 11.9 Å². The minimum Gasteiger partial charge on any atom is -0.505 e. The molecule has 0 aliphatic carbocycles. The summed E-state index contributed by atoms with van der Waals surface area (Å²) in [6.07, 6.45) is 17.0. The van der Waals surface area contributed by atoms with Crippen LogP contribution in [-0.4, -0.2) is 27.2 Å². The summed E-state index contributed by atoms with van der Waals surface area (Å²) in [5, 5.41) is 20.5. The quantitative estimate of drug-likeness (QED) is 0.218. The Morgan fingerprint density at radius 2 is 1.35 bits per heavy atom. The van der Waals surface area contributed by atoms with Gasteiger partial charge in [0.2, 0.25) is 0 Å². The fraction of sp³-hybridized carbons (Fsp3) is 0.586. The van der Waals surface area contributed by atoms with Crippen molar-refractivity contribution in [1.29, 1.82) is 0 Å². The number of aromatic nitrogens is 3. The van der Waals surface area contributed by atoms with Crippen LogP contribution in [0.3, 0.4) is 0 Å². The maximum absolute atomic E-state index is 11.2. The van der Waals surface area contributed by atoms with E-state index in [-0.39, 0.29) is 0 Å². The molecule has 0 aliphatic heterocycles. The highest BCUT2D eigenvalue weighted by atomic mass is 16.5. The van der Waals surface area contributed by atoms with Gasteiger partial charge in [0.25, 0.3) is 0 Å². The smallest absolute Gasteiger partial charge is 0.146 e. The number of benzene rings is 2. The van der Waals surface area contributed by atoms with E-state index in [0.29, 0.717) is 11.4 Å². The number of fused-ring (bicyclic) bond motifs is 1. The first-order chi connectivity index (χ1) is 16.7. The van der Waals surface area contributed by atoms with Gasteiger partial charge in [-0.3, -0.25) is 0 Å². The molecule has 5 nitrogen and oxygen atoms in total. The lowest BCUT2D eigenvalue weighted by atomic mass is 9.98. The molecule has 0 spiro atoms. The van der Waals surface area contributed by atoms with Crippen LogP contribution < -0.4 is 4.74 Å². The first-order valence-corrected chi connectivity index (χ1v) is 13.4. The van der Waals surface area contributed by atoms with E-state index in [2.05, 4.69) is 36.2 Å². The highest BCUT2D eigenvalue weighted by molar-refractivity contribution is 5.76. The maximum Gasteiger partial charge on any atom is 0.146 e. The molecule has 0 saturated heterocycles. The number of hydrogen-bond donors (Lipinski definition) is 1. The van der Waals surface area contributed by atoms with E-state index in [0.717, 1.165) is 41.6 Å². The van der Waals surface area contributed by atoms with Crippen LogP contribution in [0.5, 0.6) is 11.5 Å². The minimum atomic E-state index is 0.313. The molecule has 5 heteroatoms. The number of methoxy groups -OCH3 is 1. The molecule has 0 aliphatic rings. The fourth-order valence-electron chi connectivity index (χ4n) is 4.56. The fourth-order valence-corrected chi connectivity index (χ4v) is 4.56. The molecule has 0 saturated carbocycles. The summed E-state index contributed by atoms with van der Waals surface area (Å²) in [6, 6.07) is 9.96. The Labute approximate surface area is 205 Å². The van der Waals surface area contributed by atoms with Crippen LogP contribution in [0.1, 0.15) is 102 Å². The van der Waals surface area contributed by atoms with Crippen molar-refractivity contribution in [2.45, 2.75) is 104 Å². The Morgan fingerprint density at radius 3 is 2.03 bits per heavy atom. The summed E-state index contributed by atoms with van der Waals surface area (Å²) < 4.78 is 5.33. The molecule has 1 aromatic heterocycles. The summed E-state index contributed by atoms with van der Waals surface area (Å²) in [5.41, 5.74) is 4.52. The molecular weight excluding hydrogens is 422 g/mol. The predicted molar refractivity (Wildman–Crippen MR) is 141 cm³/mol. The second kappa shape index (κ2) is 14.0. The Bertz CT molecular complexity index is 1010. The Balaban J connectivity index is 1.78. The van der Waals surface area contributed by atoms with Gasteiger partial charge in [0, 0.05) is 6.07 Å². The van der Waals surface area contributed by atoms with Crippen molar-refractivity contribution in [1.82, 2.24) is 15.0 Å². The molecule has 186 valence electrons. The summed E-state index contributed by atoms with van der Waals surface area (Å²) in [5.74, 6) is 1.07. The van der Waals surface area contributed by atoms with Crippen molar-refractivity contribution in [2.24, 2.45) is 0 Å². The van der Waals surface area contributed by atoms with Gasteiger partial charge in [-0.2, -0.15) is 0 Å². The summed E-state index contributed by atoms with van der Waals surface area (Å²) in [7, 11) is 1.65. The van der Waals surface area contributed by atoms with Gasteiger partial charge < -0.3 is 9.84 Å². The van der Waals surface area contributed by atoms with Gasteiger partial charge in [-0.05, 0) is 55.0 Å². The standard InChI is InChI=1S/C29H43N3O2/c1-4-6-8-10-12-14-16-23-20-24(17-15-13-11-9-7-5-2)29(33)28(21-23)32-30-26-19-18-25(34-3)22-27(26)31-32/h18-22,33H,4-17H2,1-3H3. The third kappa shape index (κ3) is 7.48. The maximum atomic E-state index is 11.2. The van der Waals surface area contributed by atoms with Crippen LogP contribution in [0, 0.1) is 0 Å². The van der Waals surface area contributed by atoms with Crippen LogP contribution in [0.2, 0.25) is 0 Å². The minimum absolute atomic E-state index is 0.313. The number of rotatable bonds is 16.